The number of fused-ring (bicyclic) bond motifs is 1. The van der Waals surface area contributed by atoms with Crippen LogP contribution < -0.4 is 14.8 Å². The van der Waals surface area contributed by atoms with E-state index in [1.165, 1.54) is 0 Å². The van der Waals surface area contributed by atoms with Gasteiger partial charge in [0.1, 0.15) is 0 Å². The van der Waals surface area contributed by atoms with E-state index in [1.54, 1.807) is 0 Å². The molecule has 0 saturated heterocycles. The van der Waals surface area contributed by atoms with Crippen molar-refractivity contribution in [2.75, 3.05) is 12.1 Å². The molecule has 0 atom stereocenters. The maximum absolute atomic E-state index is 5.99. The number of benzene rings is 2. The number of ether oxygens (including phenoxy) is 2. The maximum atomic E-state index is 5.99. The second-order valence-corrected chi connectivity index (χ2v) is 5.45. The van der Waals surface area contributed by atoms with Crippen molar-refractivity contribution < 1.29 is 9.47 Å². The van der Waals surface area contributed by atoms with Crippen molar-refractivity contribution in [3.05, 3.63) is 51.5 Å². The van der Waals surface area contributed by atoms with Crippen LogP contribution in [0.25, 0.3) is 0 Å². The third-order valence-electron chi connectivity index (χ3n) is 2.86. The highest BCUT2D eigenvalue weighted by atomic mass is 79.9. The van der Waals surface area contributed by atoms with E-state index in [0.717, 1.165) is 32.2 Å². The van der Waals surface area contributed by atoms with Crippen molar-refractivity contribution in [1.29, 1.82) is 0 Å². The Balaban J connectivity index is 1.74. The third-order valence-corrected chi connectivity index (χ3v) is 3.87. The predicted octanol–water partition coefficient (Wildman–Crippen LogP) is 4.44. The molecule has 1 aliphatic rings. The zero-order valence-electron chi connectivity index (χ0n) is 9.95. The molecule has 0 fully saturated rings. The van der Waals surface area contributed by atoms with E-state index >= 15 is 0 Å². The number of anilines is 1. The molecule has 1 heterocycles. The molecule has 2 aromatic carbocycles. The van der Waals surface area contributed by atoms with E-state index in [1.807, 2.05) is 36.4 Å². The van der Waals surface area contributed by atoms with E-state index in [2.05, 4.69) is 21.2 Å². The molecule has 0 saturated carbocycles. The molecule has 98 valence electrons. The fourth-order valence-electron chi connectivity index (χ4n) is 1.88. The van der Waals surface area contributed by atoms with Crippen LogP contribution in [0.2, 0.25) is 5.02 Å². The van der Waals surface area contributed by atoms with Crippen LogP contribution in [0.4, 0.5) is 5.69 Å². The van der Waals surface area contributed by atoms with Gasteiger partial charge in [0.15, 0.2) is 11.5 Å². The second kappa shape index (κ2) is 5.31. The lowest BCUT2D eigenvalue weighted by molar-refractivity contribution is 0.174. The molecule has 3 nitrogen and oxygen atoms in total. The van der Waals surface area contributed by atoms with Gasteiger partial charge in [-0.2, -0.15) is 0 Å². The quantitative estimate of drug-likeness (QED) is 0.896. The Morgan fingerprint density at radius 3 is 2.84 bits per heavy atom. The summed E-state index contributed by atoms with van der Waals surface area (Å²) in [4.78, 5) is 0. The lowest BCUT2D eigenvalue weighted by Crippen LogP contribution is -2.00. The molecule has 0 unspecified atom stereocenters. The van der Waals surface area contributed by atoms with Crippen LogP contribution in [0.15, 0.2) is 40.9 Å². The lowest BCUT2D eigenvalue weighted by atomic mass is 10.2. The zero-order chi connectivity index (χ0) is 13.2. The van der Waals surface area contributed by atoms with E-state index in [-0.39, 0.29) is 0 Å². The van der Waals surface area contributed by atoms with Gasteiger partial charge >= 0.3 is 0 Å². The summed E-state index contributed by atoms with van der Waals surface area (Å²) >= 11 is 9.50. The maximum Gasteiger partial charge on any atom is 0.231 e. The number of halogens is 2. The minimum absolute atomic E-state index is 0.290. The van der Waals surface area contributed by atoms with Gasteiger partial charge < -0.3 is 14.8 Å². The van der Waals surface area contributed by atoms with Gasteiger partial charge in [0.05, 0.1) is 0 Å². The average molecular weight is 341 g/mol. The summed E-state index contributed by atoms with van der Waals surface area (Å²) < 4.78 is 11.7. The van der Waals surface area contributed by atoms with Crippen molar-refractivity contribution in [1.82, 2.24) is 0 Å². The number of hydrogen-bond acceptors (Lipinski definition) is 3. The van der Waals surface area contributed by atoms with E-state index in [0.29, 0.717) is 13.3 Å². The topological polar surface area (TPSA) is 30.5 Å². The summed E-state index contributed by atoms with van der Waals surface area (Å²) in [6, 6.07) is 11.5. The summed E-state index contributed by atoms with van der Waals surface area (Å²) in [7, 11) is 0. The average Bonchev–Trinajstić information content (AvgIpc) is 2.87. The first-order valence-corrected chi connectivity index (χ1v) is 6.97. The van der Waals surface area contributed by atoms with Gasteiger partial charge in [0, 0.05) is 27.8 Å². The standard InChI is InChI=1S/C14H11BrClNO2/c15-12-3-1-10(16)5-9(12)7-17-11-2-4-13-14(6-11)19-8-18-13/h1-6,17H,7-8H2. The van der Waals surface area contributed by atoms with Gasteiger partial charge in [-0.05, 0) is 35.9 Å². The molecule has 0 aromatic heterocycles. The Morgan fingerprint density at radius 2 is 1.95 bits per heavy atom. The van der Waals surface area contributed by atoms with Gasteiger partial charge in [-0.25, -0.2) is 0 Å². The van der Waals surface area contributed by atoms with Gasteiger partial charge in [0.25, 0.3) is 0 Å². The largest absolute Gasteiger partial charge is 0.454 e. The van der Waals surface area contributed by atoms with Gasteiger partial charge in [-0.15, -0.1) is 0 Å². The molecule has 0 bridgehead atoms. The summed E-state index contributed by atoms with van der Waals surface area (Å²) in [6.07, 6.45) is 0. The van der Waals surface area contributed by atoms with Crippen LogP contribution in [0, 0.1) is 0 Å². The first-order chi connectivity index (χ1) is 9.22. The summed E-state index contributed by atoms with van der Waals surface area (Å²) in [5, 5.41) is 4.06. The normalized spacial score (nSPS) is 12.5. The molecular weight excluding hydrogens is 330 g/mol. The van der Waals surface area contributed by atoms with Crippen molar-refractivity contribution in [3.63, 3.8) is 0 Å². The summed E-state index contributed by atoms with van der Waals surface area (Å²) in [5.74, 6) is 1.56. The first kappa shape index (κ1) is 12.6. The van der Waals surface area contributed by atoms with Crippen LogP contribution in [0.3, 0.4) is 0 Å². The van der Waals surface area contributed by atoms with Crippen molar-refractivity contribution in [2.45, 2.75) is 6.54 Å². The molecule has 1 N–H and O–H groups in total. The van der Waals surface area contributed by atoms with E-state index in [4.69, 9.17) is 21.1 Å². The van der Waals surface area contributed by atoms with Crippen LogP contribution in [-0.4, -0.2) is 6.79 Å². The highest BCUT2D eigenvalue weighted by Gasteiger charge is 2.13. The Morgan fingerprint density at radius 1 is 1.11 bits per heavy atom. The Kier molecular flexibility index (Phi) is 3.53. The van der Waals surface area contributed by atoms with Crippen molar-refractivity contribution in [2.24, 2.45) is 0 Å². The Bertz CT molecular complexity index is 618. The Labute approximate surface area is 124 Å². The lowest BCUT2D eigenvalue weighted by Gasteiger charge is -2.09. The van der Waals surface area contributed by atoms with Crippen LogP contribution in [0.5, 0.6) is 11.5 Å². The summed E-state index contributed by atoms with van der Waals surface area (Å²) in [6.45, 7) is 0.972. The second-order valence-electron chi connectivity index (χ2n) is 4.16. The molecule has 19 heavy (non-hydrogen) atoms. The molecule has 0 radical (unpaired) electrons. The van der Waals surface area contributed by atoms with Gasteiger partial charge in [-0.3, -0.25) is 0 Å². The molecular formula is C14H11BrClNO2. The molecule has 2 aromatic rings. The number of nitrogens with one attached hydrogen (secondary N) is 1. The first-order valence-electron chi connectivity index (χ1n) is 5.80. The molecule has 5 heteroatoms. The van der Waals surface area contributed by atoms with Crippen LogP contribution in [-0.2, 0) is 6.54 Å². The fraction of sp³-hybridized carbons (Fsp3) is 0.143. The van der Waals surface area contributed by atoms with Crippen LogP contribution in [0.1, 0.15) is 5.56 Å². The van der Waals surface area contributed by atoms with Crippen LogP contribution >= 0.6 is 27.5 Å². The third kappa shape index (κ3) is 2.80. The molecule has 0 aliphatic carbocycles. The highest BCUT2D eigenvalue weighted by Crippen LogP contribution is 2.34. The number of rotatable bonds is 3. The van der Waals surface area contributed by atoms with E-state index < -0.39 is 0 Å². The van der Waals surface area contributed by atoms with Crippen molar-refractivity contribution >= 4 is 33.2 Å². The molecule has 3 rings (SSSR count). The fourth-order valence-corrected chi connectivity index (χ4v) is 2.46. The SMILES string of the molecule is Clc1ccc(Br)c(CNc2ccc3c(c2)OCO3)c1. The number of hydrogen-bond donors (Lipinski definition) is 1. The molecule has 0 amide bonds. The minimum atomic E-state index is 0.290. The molecule has 1 aliphatic heterocycles. The predicted molar refractivity (Wildman–Crippen MR) is 79.0 cm³/mol. The van der Waals surface area contributed by atoms with Gasteiger partial charge in [0.2, 0.25) is 6.79 Å². The smallest absolute Gasteiger partial charge is 0.231 e. The molecule has 0 spiro atoms. The highest BCUT2D eigenvalue weighted by molar-refractivity contribution is 9.10. The van der Waals surface area contributed by atoms with Crippen molar-refractivity contribution in [3.8, 4) is 11.5 Å². The van der Waals surface area contributed by atoms with E-state index in [9.17, 15) is 0 Å². The van der Waals surface area contributed by atoms with Gasteiger partial charge in [-0.1, -0.05) is 27.5 Å². The zero-order valence-corrected chi connectivity index (χ0v) is 12.3. The monoisotopic (exact) mass is 339 g/mol. The minimum Gasteiger partial charge on any atom is -0.454 e. The summed E-state index contributed by atoms with van der Waals surface area (Å²) in [5.41, 5.74) is 2.08. The Hall–Kier alpha value is -1.39.